The van der Waals surface area contributed by atoms with Crippen LogP contribution in [0.25, 0.3) is 0 Å². The van der Waals surface area contributed by atoms with Gasteiger partial charge in [0.15, 0.2) is 0 Å². The average Bonchev–Trinajstić information content (AvgIpc) is 2.38. The molecule has 0 aliphatic heterocycles. The standard InChI is InChI=1S/C12H11N3O4/c1-19-11(17)8-3-2-4-9(7-8)14-12(18)15-10(16)5-6-13/h2-4,7H,5H2,1H3,(H2,14,15,16,18). The second-order valence-electron chi connectivity index (χ2n) is 3.41. The summed E-state index contributed by atoms with van der Waals surface area (Å²) < 4.78 is 4.54. The molecule has 0 aromatic heterocycles. The zero-order valence-corrected chi connectivity index (χ0v) is 10.1. The molecule has 0 aliphatic rings. The first-order valence-electron chi connectivity index (χ1n) is 5.23. The number of hydrogen-bond donors (Lipinski definition) is 2. The first kappa shape index (κ1) is 14.2. The Morgan fingerprint density at radius 3 is 2.74 bits per heavy atom. The van der Waals surface area contributed by atoms with E-state index in [0.717, 1.165) is 0 Å². The number of nitrogens with one attached hydrogen (secondary N) is 2. The molecule has 0 spiro atoms. The summed E-state index contributed by atoms with van der Waals surface area (Å²) in [6.45, 7) is 0. The summed E-state index contributed by atoms with van der Waals surface area (Å²) >= 11 is 0. The van der Waals surface area contributed by atoms with Crippen LogP contribution in [0.3, 0.4) is 0 Å². The van der Waals surface area contributed by atoms with Gasteiger partial charge in [-0.05, 0) is 18.2 Å². The van der Waals surface area contributed by atoms with E-state index in [1.54, 1.807) is 18.2 Å². The Balaban J connectivity index is 2.67. The fraction of sp³-hybridized carbons (Fsp3) is 0.167. The zero-order chi connectivity index (χ0) is 14.3. The fourth-order valence-electron chi connectivity index (χ4n) is 1.25. The largest absolute Gasteiger partial charge is 0.465 e. The molecule has 2 N–H and O–H groups in total. The van der Waals surface area contributed by atoms with E-state index in [1.165, 1.54) is 19.2 Å². The molecule has 1 aromatic rings. The van der Waals surface area contributed by atoms with Crippen LogP contribution >= 0.6 is 0 Å². The van der Waals surface area contributed by atoms with Crippen LogP contribution in [-0.2, 0) is 9.53 Å². The molecule has 0 unspecified atom stereocenters. The number of nitriles is 1. The van der Waals surface area contributed by atoms with Gasteiger partial charge in [0.2, 0.25) is 5.91 Å². The molecule has 0 aliphatic carbocycles. The van der Waals surface area contributed by atoms with Crippen molar-refractivity contribution in [2.75, 3.05) is 12.4 Å². The van der Waals surface area contributed by atoms with E-state index in [2.05, 4.69) is 10.1 Å². The summed E-state index contributed by atoms with van der Waals surface area (Å²) in [6.07, 6.45) is -0.407. The number of methoxy groups -OCH3 is 1. The number of rotatable bonds is 3. The Hall–Kier alpha value is -2.88. The van der Waals surface area contributed by atoms with E-state index in [4.69, 9.17) is 5.26 Å². The van der Waals surface area contributed by atoms with Gasteiger partial charge in [0, 0.05) is 5.69 Å². The van der Waals surface area contributed by atoms with Crippen LogP contribution in [0, 0.1) is 11.3 Å². The van der Waals surface area contributed by atoms with E-state index in [0.29, 0.717) is 5.69 Å². The van der Waals surface area contributed by atoms with Crippen molar-refractivity contribution in [3.63, 3.8) is 0 Å². The lowest BCUT2D eigenvalue weighted by Crippen LogP contribution is -2.33. The summed E-state index contributed by atoms with van der Waals surface area (Å²) in [4.78, 5) is 33.7. The molecular formula is C12H11N3O4. The maximum absolute atomic E-state index is 11.4. The summed E-state index contributed by atoms with van der Waals surface area (Å²) in [7, 11) is 1.25. The van der Waals surface area contributed by atoms with Crippen molar-refractivity contribution in [3.05, 3.63) is 29.8 Å². The molecule has 19 heavy (non-hydrogen) atoms. The normalized spacial score (nSPS) is 9.05. The fourth-order valence-corrected chi connectivity index (χ4v) is 1.25. The maximum atomic E-state index is 11.4. The highest BCUT2D eigenvalue weighted by atomic mass is 16.5. The summed E-state index contributed by atoms with van der Waals surface area (Å²) in [5.41, 5.74) is 0.591. The van der Waals surface area contributed by atoms with Crippen molar-refractivity contribution in [1.82, 2.24) is 5.32 Å². The molecule has 0 fully saturated rings. The van der Waals surface area contributed by atoms with Gasteiger partial charge in [-0.3, -0.25) is 10.1 Å². The third kappa shape index (κ3) is 4.47. The number of hydrogen-bond acceptors (Lipinski definition) is 5. The predicted octanol–water partition coefficient (Wildman–Crippen LogP) is 1.03. The first-order chi connectivity index (χ1) is 9.06. The maximum Gasteiger partial charge on any atom is 0.337 e. The quantitative estimate of drug-likeness (QED) is 0.790. The van der Waals surface area contributed by atoms with Gasteiger partial charge in [-0.2, -0.15) is 5.26 Å². The molecule has 1 rings (SSSR count). The molecule has 0 bridgehead atoms. The molecule has 98 valence electrons. The monoisotopic (exact) mass is 261 g/mol. The molecule has 0 saturated heterocycles. The molecule has 1 aromatic carbocycles. The predicted molar refractivity (Wildman–Crippen MR) is 65.2 cm³/mol. The molecule has 0 saturated carbocycles. The van der Waals surface area contributed by atoms with Crippen molar-refractivity contribution in [2.24, 2.45) is 0 Å². The van der Waals surface area contributed by atoms with Gasteiger partial charge >= 0.3 is 12.0 Å². The van der Waals surface area contributed by atoms with E-state index < -0.39 is 24.3 Å². The number of anilines is 1. The lowest BCUT2D eigenvalue weighted by molar-refractivity contribution is -0.118. The van der Waals surface area contributed by atoms with Crippen molar-refractivity contribution in [3.8, 4) is 6.07 Å². The van der Waals surface area contributed by atoms with E-state index >= 15 is 0 Å². The van der Waals surface area contributed by atoms with Gasteiger partial charge in [0.25, 0.3) is 0 Å². The van der Waals surface area contributed by atoms with Gasteiger partial charge in [-0.1, -0.05) is 6.07 Å². The lowest BCUT2D eigenvalue weighted by atomic mass is 10.2. The van der Waals surface area contributed by atoms with Crippen LogP contribution in [0.4, 0.5) is 10.5 Å². The Morgan fingerprint density at radius 1 is 1.37 bits per heavy atom. The molecule has 0 radical (unpaired) electrons. The second-order valence-corrected chi connectivity index (χ2v) is 3.41. The second kappa shape index (κ2) is 6.76. The van der Waals surface area contributed by atoms with Gasteiger partial charge < -0.3 is 10.1 Å². The highest BCUT2D eigenvalue weighted by Crippen LogP contribution is 2.11. The van der Waals surface area contributed by atoms with Crippen LogP contribution in [0.5, 0.6) is 0 Å². The van der Waals surface area contributed by atoms with Crippen LogP contribution in [-0.4, -0.2) is 25.0 Å². The Labute approximate surface area is 109 Å². The van der Waals surface area contributed by atoms with Crippen LogP contribution in [0.1, 0.15) is 16.8 Å². The van der Waals surface area contributed by atoms with Gasteiger partial charge in [-0.25, -0.2) is 9.59 Å². The number of esters is 1. The Bertz CT molecular complexity index is 548. The molecular weight excluding hydrogens is 250 g/mol. The van der Waals surface area contributed by atoms with Crippen molar-refractivity contribution < 1.29 is 19.1 Å². The minimum absolute atomic E-state index is 0.267. The van der Waals surface area contributed by atoms with Crippen LogP contribution in [0.2, 0.25) is 0 Å². The van der Waals surface area contributed by atoms with Crippen molar-refractivity contribution >= 4 is 23.6 Å². The number of amides is 3. The molecule has 7 nitrogen and oxygen atoms in total. The molecule has 3 amide bonds. The minimum atomic E-state index is -0.776. The lowest BCUT2D eigenvalue weighted by Gasteiger charge is -2.06. The number of benzene rings is 1. The minimum Gasteiger partial charge on any atom is -0.465 e. The Kier molecular flexibility index (Phi) is 5.04. The van der Waals surface area contributed by atoms with Gasteiger partial charge in [0.05, 0.1) is 18.7 Å². The smallest absolute Gasteiger partial charge is 0.337 e. The summed E-state index contributed by atoms with van der Waals surface area (Å²) in [6, 6.07) is 6.86. The highest BCUT2D eigenvalue weighted by molar-refractivity contribution is 6.02. The first-order valence-corrected chi connectivity index (χ1v) is 5.23. The Morgan fingerprint density at radius 2 is 2.11 bits per heavy atom. The number of carbonyl (C=O) groups excluding carboxylic acids is 3. The number of ether oxygens (including phenoxy) is 1. The number of nitrogens with zero attached hydrogens (tertiary/aromatic N) is 1. The summed E-state index contributed by atoms with van der Waals surface area (Å²) in [5.74, 6) is -1.24. The number of urea groups is 1. The molecule has 0 atom stereocenters. The average molecular weight is 261 g/mol. The van der Waals surface area contributed by atoms with Crippen molar-refractivity contribution in [2.45, 2.75) is 6.42 Å². The number of carbonyl (C=O) groups is 3. The van der Waals surface area contributed by atoms with E-state index in [-0.39, 0.29) is 5.56 Å². The van der Waals surface area contributed by atoms with Gasteiger partial charge in [-0.15, -0.1) is 0 Å². The highest BCUT2D eigenvalue weighted by Gasteiger charge is 2.09. The van der Waals surface area contributed by atoms with Crippen molar-refractivity contribution in [1.29, 1.82) is 5.26 Å². The summed E-state index contributed by atoms with van der Waals surface area (Å²) in [5, 5.41) is 12.6. The molecule has 7 heteroatoms. The SMILES string of the molecule is COC(=O)c1cccc(NC(=O)NC(=O)CC#N)c1. The van der Waals surface area contributed by atoms with Crippen LogP contribution in [0.15, 0.2) is 24.3 Å². The van der Waals surface area contributed by atoms with E-state index in [1.807, 2.05) is 5.32 Å². The number of imide groups is 1. The topological polar surface area (TPSA) is 108 Å². The zero-order valence-electron chi connectivity index (χ0n) is 10.1. The van der Waals surface area contributed by atoms with Gasteiger partial charge in [0.1, 0.15) is 6.42 Å². The van der Waals surface area contributed by atoms with Crippen LogP contribution < -0.4 is 10.6 Å². The third-order valence-corrected chi connectivity index (χ3v) is 2.03. The van der Waals surface area contributed by atoms with E-state index in [9.17, 15) is 14.4 Å². The third-order valence-electron chi connectivity index (χ3n) is 2.03. The molecule has 0 heterocycles.